The fourth-order valence-electron chi connectivity index (χ4n) is 2.27. The minimum atomic E-state index is -1.44. The van der Waals surface area contributed by atoms with Gasteiger partial charge in [0.15, 0.2) is 5.54 Å². The molecule has 2 rings (SSSR count). The van der Waals surface area contributed by atoms with Gasteiger partial charge in [-0.1, -0.05) is 12.1 Å². The summed E-state index contributed by atoms with van der Waals surface area (Å²) in [6, 6.07) is 5.58. The van der Waals surface area contributed by atoms with Crippen LogP contribution in [-0.4, -0.2) is 48.2 Å². The smallest absolute Gasteiger partial charge is 0.331 e. The van der Waals surface area contributed by atoms with Gasteiger partial charge in [-0.2, -0.15) is 0 Å². The Morgan fingerprint density at radius 2 is 2.09 bits per heavy atom. The summed E-state index contributed by atoms with van der Waals surface area (Å²) in [6.45, 7) is -0.215. The zero-order chi connectivity index (χ0) is 16.9. The Kier molecular flexibility index (Phi) is 5.28. The van der Waals surface area contributed by atoms with Gasteiger partial charge in [0.2, 0.25) is 11.8 Å². The Morgan fingerprint density at radius 3 is 2.70 bits per heavy atom. The lowest BCUT2D eigenvalue weighted by atomic mass is 9.99. The van der Waals surface area contributed by atoms with Crippen molar-refractivity contribution in [3.63, 3.8) is 0 Å². The van der Waals surface area contributed by atoms with Gasteiger partial charge in [0.05, 0.1) is 19.6 Å². The van der Waals surface area contributed by atoms with Gasteiger partial charge in [0, 0.05) is 13.0 Å². The summed E-state index contributed by atoms with van der Waals surface area (Å²) in [5.74, 6) is -2.70. The third-order valence-corrected chi connectivity index (χ3v) is 3.51. The van der Waals surface area contributed by atoms with Gasteiger partial charge in [-0.05, 0) is 17.7 Å². The summed E-state index contributed by atoms with van der Waals surface area (Å²) < 4.78 is 18.0. The van der Waals surface area contributed by atoms with E-state index in [1.165, 1.54) is 18.2 Å². The number of ether oxygens (including phenoxy) is 1. The molecule has 0 aliphatic carbocycles. The van der Waals surface area contributed by atoms with Gasteiger partial charge in [-0.25, -0.2) is 9.18 Å². The van der Waals surface area contributed by atoms with E-state index in [4.69, 9.17) is 4.74 Å². The minimum absolute atomic E-state index is 0.0712. The van der Waals surface area contributed by atoms with E-state index >= 15 is 0 Å². The predicted octanol–water partition coefficient (Wildman–Crippen LogP) is -0.156. The maximum atomic E-state index is 13.0. The molecule has 0 aromatic heterocycles. The lowest BCUT2D eigenvalue weighted by Gasteiger charge is -2.23. The maximum absolute atomic E-state index is 13.0. The highest BCUT2D eigenvalue weighted by Gasteiger charge is 2.43. The van der Waals surface area contributed by atoms with E-state index in [9.17, 15) is 23.9 Å². The third kappa shape index (κ3) is 4.49. The zero-order valence-electron chi connectivity index (χ0n) is 12.3. The van der Waals surface area contributed by atoms with Crippen molar-refractivity contribution in [3.8, 4) is 0 Å². The lowest BCUT2D eigenvalue weighted by molar-refractivity contribution is -0.147. The van der Waals surface area contributed by atoms with Gasteiger partial charge in [0.1, 0.15) is 5.82 Å². The monoisotopic (exact) mass is 324 g/mol. The van der Waals surface area contributed by atoms with E-state index in [0.717, 1.165) is 0 Å². The summed E-state index contributed by atoms with van der Waals surface area (Å²) in [5.41, 5.74) is -0.959. The highest BCUT2D eigenvalue weighted by atomic mass is 19.1. The number of nitrogens with one attached hydrogen (secondary N) is 2. The van der Waals surface area contributed by atoms with Gasteiger partial charge in [0.25, 0.3) is 0 Å². The molecular formula is C15H17FN2O5. The molecule has 2 amide bonds. The van der Waals surface area contributed by atoms with Crippen molar-refractivity contribution in [1.82, 2.24) is 10.6 Å². The number of carboxylic acids is 1. The number of aliphatic carboxylic acids is 1. The average molecular weight is 324 g/mol. The number of halogens is 1. The molecule has 7 nitrogen and oxygen atoms in total. The Balaban J connectivity index is 1.82. The van der Waals surface area contributed by atoms with E-state index in [-0.39, 0.29) is 32.6 Å². The third-order valence-electron chi connectivity index (χ3n) is 3.51. The van der Waals surface area contributed by atoms with Crippen LogP contribution in [-0.2, 0) is 25.5 Å². The largest absolute Gasteiger partial charge is 0.479 e. The van der Waals surface area contributed by atoms with E-state index in [2.05, 4.69) is 10.6 Å². The molecule has 3 N–H and O–H groups in total. The van der Waals surface area contributed by atoms with Crippen LogP contribution in [0.25, 0.3) is 0 Å². The molecule has 0 spiro atoms. The molecule has 8 heteroatoms. The fourth-order valence-corrected chi connectivity index (χ4v) is 2.27. The van der Waals surface area contributed by atoms with Gasteiger partial charge < -0.3 is 20.5 Å². The van der Waals surface area contributed by atoms with Crippen LogP contribution in [0.5, 0.6) is 0 Å². The van der Waals surface area contributed by atoms with Crippen molar-refractivity contribution in [2.45, 2.75) is 18.4 Å². The summed E-state index contributed by atoms with van der Waals surface area (Å²) in [6.07, 6.45) is 0.101. The number of carbonyl (C=O) groups is 3. The van der Waals surface area contributed by atoms with Crippen LogP contribution in [0.3, 0.4) is 0 Å². The van der Waals surface area contributed by atoms with E-state index in [1.807, 2.05) is 0 Å². The standard InChI is InChI=1S/C15H17FN2O5/c16-11-3-1-2-10(6-11)7-12(19)17-8-13(20)18-15(14(21)22)4-5-23-9-15/h1-3,6H,4-5,7-9H2,(H,17,19)(H,18,20)(H,21,22). The van der Waals surface area contributed by atoms with Crippen molar-refractivity contribution in [2.75, 3.05) is 19.8 Å². The normalized spacial score (nSPS) is 20.0. The first-order valence-electron chi connectivity index (χ1n) is 7.04. The topological polar surface area (TPSA) is 105 Å². The van der Waals surface area contributed by atoms with Gasteiger partial charge >= 0.3 is 5.97 Å². The first kappa shape index (κ1) is 16.9. The molecule has 0 radical (unpaired) electrons. The summed E-state index contributed by atoms with van der Waals surface area (Å²) in [5, 5.41) is 13.9. The Bertz CT molecular complexity index is 614. The van der Waals surface area contributed by atoms with Crippen molar-refractivity contribution in [1.29, 1.82) is 0 Å². The van der Waals surface area contributed by atoms with Gasteiger partial charge in [-0.15, -0.1) is 0 Å². The Hall–Kier alpha value is -2.48. The molecule has 1 unspecified atom stereocenters. The number of hydrogen-bond donors (Lipinski definition) is 3. The molecule has 1 fully saturated rings. The van der Waals surface area contributed by atoms with E-state index < -0.39 is 29.1 Å². The van der Waals surface area contributed by atoms with Crippen LogP contribution in [0.15, 0.2) is 24.3 Å². The molecule has 0 saturated carbocycles. The Morgan fingerprint density at radius 1 is 1.30 bits per heavy atom. The molecule has 0 bridgehead atoms. The second kappa shape index (κ2) is 7.19. The van der Waals surface area contributed by atoms with Crippen molar-refractivity contribution < 1.29 is 28.6 Å². The highest BCUT2D eigenvalue weighted by molar-refractivity contribution is 5.90. The number of hydrogen-bond acceptors (Lipinski definition) is 4. The molecule has 1 atom stereocenters. The quantitative estimate of drug-likeness (QED) is 0.675. The van der Waals surface area contributed by atoms with Crippen LogP contribution in [0.1, 0.15) is 12.0 Å². The van der Waals surface area contributed by atoms with Crippen LogP contribution in [0.2, 0.25) is 0 Å². The number of amides is 2. The number of carboxylic acid groups (broad SMARTS) is 1. The fraction of sp³-hybridized carbons (Fsp3) is 0.400. The molecule has 1 aromatic rings. The molecule has 1 aliphatic heterocycles. The Labute approximate surface area is 131 Å². The van der Waals surface area contributed by atoms with E-state index in [0.29, 0.717) is 5.56 Å². The van der Waals surface area contributed by atoms with Crippen molar-refractivity contribution >= 4 is 17.8 Å². The molecule has 1 saturated heterocycles. The zero-order valence-corrected chi connectivity index (χ0v) is 12.3. The van der Waals surface area contributed by atoms with E-state index in [1.54, 1.807) is 6.07 Å². The number of carbonyl (C=O) groups excluding carboxylic acids is 2. The highest BCUT2D eigenvalue weighted by Crippen LogP contribution is 2.18. The van der Waals surface area contributed by atoms with Crippen LogP contribution < -0.4 is 10.6 Å². The van der Waals surface area contributed by atoms with Crippen LogP contribution >= 0.6 is 0 Å². The first-order chi connectivity index (χ1) is 10.9. The molecular weight excluding hydrogens is 307 g/mol. The molecule has 124 valence electrons. The summed E-state index contributed by atoms with van der Waals surface area (Å²) >= 11 is 0. The predicted molar refractivity (Wildman–Crippen MR) is 77.1 cm³/mol. The number of rotatable bonds is 6. The lowest BCUT2D eigenvalue weighted by Crippen LogP contribution is -2.57. The van der Waals surface area contributed by atoms with Crippen LogP contribution in [0.4, 0.5) is 4.39 Å². The molecule has 1 heterocycles. The van der Waals surface area contributed by atoms with Crippen LogP contribution in [0, 0.1) is 5.82 Å². The second-order valence-electron chi connectivity index (χ2n) is 5.32. The van der Waals surface area contributed by atoms with Crippen molar-refractivity contribution in [2.24, 2.45) is 0 Å². The summed E-state index contributed by atoms with van der Waals surface area (Å²) in [7, 11) is 0. The summed E-state index contributed by atoms with van der Waals surface area (Å²) in [4.78, 5) is 34.8. The van der Waals surface area contributed by atoms with Crippen molar-refractivity contribution in [3.05, 3.63) is 35.6 Å². The average Bonchev–Trinajstić information content (AvgIpc) is 2.95. The van der Waals surface area contributed by atoms with Gasteiger partial charge in [-0.3, -0.25) is 9.59 Å². The second-order valence-corrected chi connectivity index (χ2v) is 5.32. The number of benzene rings is 1. The molecule has 1 aromatic carbocycles. The minimum Gasteiger partial charge on any atom is -0.479 e. The maximum Gasteiger partial charge on any atom is 0.331 e. The molecule has 23 heavy (non-hydrogen) atoms. The first-order valence-corrected chi connectivity index (χ1v) is 7.04. The SMILES string of the molecule is O=C(Cc1cccc(F)c1)NCC(=O)NC1(C(=O)O)CCOC1. The molecule has 1 aliphatic rings.